The second-order valence-corrected chi connectivity index (χ2v) is 9.38. The number of nitrogens with zero attached hydrogens (tertiary/aromatic N) is 3. The number of carbonyl (C=O) groups excluding carboxylic acids is 1. The molecule has 7 heteroatoms. The van der Waals surface area contributed by atoms with E-state index in [-0.39, 0.29) is 5.91 Å². The molecular weight excluding hydrogens is 398 g/mol. The zero-order valence-corrected chi connectivity index (χ0v) is 17.4. The number of hydrogen-bond acceptors (Lipinski definition) is 4. The second-order valence-electron chi connectivity index (χ2n) is 6.64. The molecule has 2 heterocycles. The van der Waals surface area contributed by atoms with Gasteiger partial charge in [-0.05, 0) is 30.5 Å². The van der Waals surface area contributed by atoms with E-state index in [0.717, 1.165) is 20.1 Å². The lowest BCUT2D eigenvalue weighted by atomic mass is 10.2. The van der Waals surface area contributed by atoms with E-state index in [1.807, 2.05) is 43.6 Å². The Hall–Kier alpha value is -1.76. The first kappa shape index (κ1) is 18.6. The van der Waals surface area contributed by atoms with Crippen LogP contribution in [0, 0.1) is 0 Å². The maximum absolute atomic E-state index is 12.5. The highest BCUT2D eigenvalue weighted by Crippen LogP contribution is 2.41. The zero-order chi connectivity index (χ0) is 18.8. The minimum Gasteiger partial charge on any atom is -0.340 e. The van der Waals surface area contributed by atoms with Crippen LogP contribution in [-0.4, -0.2) is 33.2 Å². The molecule has 1 amide bonds. The van der Waals surface area contributed by atoms with E-state index >= 15 is 0 Å². The summed E-state index contributed by atoms with van der Waals surface area (Å²) in [4.78, 5) is 20.0. The molecule has 0 spiro atoms. The van der Waals surface area contributed by atoms with Crippen molar-refractivity contribution in [3.05, 3.63) is 57.9 Å². The number of thiophene rings is 1. The third-order valence-corrected chi connectivity index (χ3v) is 6.68. The second kappa shape index (κ2) is 8.09. The molecule has 140 valence electrons. The van der Waals surface area contributed by atoms with Crippen LogP contribution in [0.4, 0.5) is 0 Å². The molecule has 0 aliphatic heterocycles. The summed E-state index contributed by atoms with van der Waals surface area (Å²) >= 11 is 9.00. The van der Waals surface area contributed by atoms with E-state index in [0.29, 0.717) is 18.3 Å². The fourth-order valence-corrected chi connectivity index (χ4v) is 5.08. The lowest BCUT2D eigenvalue weighted by Gasteiger charge is -2.16. The molecule has 1 aliphatic rings. The lowest BCUT2D eigenvalue weighted by molar-refractivity contribution is -0.127. The number of aromatic nitrogens is 2. The van der Waals surface area contributed by atoms with Crippen LogP contribution in [0.5, 0.6) is 0 Å². The summed E-state index contributed by atoms with van der Waals surface area (Å²) in [5.74, 6) is 0.476. The molecule has 2 aromatic heterocycles. The van der Waals surface area contributed by atoms with E-state index in [2.05, 4.69) is 21.7 Å². The van der Waals surface area contributed by atoms with E-state index in [1.54, 1.807) is 4.90 Å². The Morgan fingerprint density at radius 1 is 1.30 bits per heavy atom. The number of hydrogen-bond donors (Lipinski definition) is 0. The first-order chi connectivity index (χ1) is 13.1. The average Bonchev–Trinajstić information content (AvgIpc) is 3.30. The Balaban J connectivity index is 1.43. The maximum Gasteiger partial charge on any atom is 0.233 e. The Labute approximate surface area is 172 Å². The van der Waals surface area contributed by atoms with Crippen LogP contribution < -0.4 is 0 Å². The Morgan fingerprint density at radius 2 is 2.07 bits per heavy atom. The first-order valence-electron chi connectivity index (χ1n) is 8.85. The highest BCUT2D eigenvalue weighted by atomic mass is 35.5. The van der Waals surface area contributed by atoms with Gasteiger partial charge in [0.05, 0.1) is 28.5 Å². The lowest BCUT2D eigenvalue weighted by Crippen LogP contribution is -2.27. The van der Waals surface area contributed by atoms with Crippen LogP contribution in [0.2, 0.25) is 4.34 Å². The normalized spacial score (nSPS) is 13.7. The maximum atomic E-state index is 12.5. The minimum absolute atomic E-state index is 0.0936. The molecule has 1 saturated carbocycles. The van der Waals surface area contributed by atoms with Gasteiger partial charge in [0.25, 0.3) is 0 Å². The van der Waals surface area contributed by atoms with E-state index in [9.17, 15) is 4.79 Å². The summed E-state index contributed by atoms with van der Waals surface area (Å²) in [5.41, 5.74) is 2.30. The van der Waals surface area contributed by atoms with Gasteiger partial charge in [-0.2, -0.15) is 0 Å². The Bertz CT molecular complexity index is 934. The van der Waals surface area contributed by atoms with Crippen LogP contribution in [0.25, 0.3) is 11.3 Å². The summed E-state index contributed by atoms with van der Waals surface area (Å²) in [6.45, 7) is 0.586. The van der Waals surface area contributed by atoms with Crippen molar-refractivity contribution in [1.82, 2.24) is 14.5 Å². The molecule has 0 radical (unpaired) electrons. The minimum atomic E-state index is 0.0936. The number of rotatable bonds is 7. The average molecular weight is 418 g/mol. The molecule has 0 saturated heterocycles. The molecule has 1 fully saturated rings. The number of thioether (sulfide) groups is 1. The fraction of sp³-hybridized carbons (Fsp3) is 0.300. The van der Waals surface area contributed by atoms with Crippen molar-refractivity contribution in [1.29, 1.82) is 0 Å². The van der Waals surface area contributed by atoms with Gasteiger partial charge in [0.1, 0.15) is 0 Å². The third-order valence-electron chi connectivity index (χ3n) is 4.52. The molecule has 1 aromatic carbocycles. The van der Waals surface area contributed by atoms with Crippen LogP contribution in [0.1, 0.15) is 23.8 Å². The van der Waals surface area contributed by atoms with Gasteiger partial charge < -0.3 is 9.47 Å². The summed E-state index contributed by atoms with van der Waals surface area (Å²) in [6, 6.07) is 14.7. The quantitative estimate of drug-likeness (QED) is 0.486. The number of benzene rings is 1. The van der Waals surface area contributed by atoms with E-state index in [1.165, 1.54) is 41.5 Å². The van der Waals surface area contributed by atoms with Crippen molar-refractivity contribution in [2.75, 3.05) is 12.8 Å². The SMILES string of the molecule is CN(Cc1ccc(Cl)s1)C(=O)CSc1ncc(-c2ccccc2)n1C1CC1. The smallest absolute Gasteiger partial charge is 0.233 e. The van der Waals surface area contributed by atoms with Crippen LogP contribution in [-0.2, 0) is 11.3 Å². The first-order valence-corrected chi connectivity index (χ1v) is 11.0. The van der Waals surface area contributed by atoms with Crippen molar-refractivity contribution in [3.8, 4) is 11.3 Å². The van der Waals surface area contributed by atoms with Crippen molar-refractivity contribution in [3.63, 3.8) is 0 Å². The molecular formula is C20H20ClN3OS2. The number of halogens is 1. The molecule has 0 bridgehead atoms. The molecule has 0 unspecified atom stereocenters. The molecule has 0 N–H and O–H groups in total. The zero-order valence-electron chi connectivity index (χ0n) is 15.0. The molecule has 3 aromatic rings. The van der Waals surface area contributed by atoms with Crippen LogP contribution >= 0.6 is 34.7 Å². The number of imidazole rings is 1. The Morgan fingerprint density at radius 3 is 2.74 bits per heavy atom. The predicted molar refractivity (Wildman–Crippen MR) is 112 cm³/mol. The van der Waals surface area contributed by atoms with Gasteiger partial charge in [-0.1, -0.05) is 53.7 Å². The largest absolute Gasteiger partial charge is 0.340 e. The van der Waals surface area contributed by atoms with Gasteiger partial charge in [-0.25, -0.2) is 4.98 Å². The van der Waals surface area contributed by atoms with Gasteiger partial charge in [-0.3, -0.25) is 4.79 Å². The molecule has 4 rings (SSSR count). The van der Waals surface area contributed by atoms with E-state index in [4.69, 9.17) is 11.6 Å². The topological polar surface area (TPSA) is 38.1 Å². The number of carbonyl (C=O) groups is 1. The van der Waals surface area contributed by atoms with Crippen molar-refractivity contribution < 1.29 is 4.79 Å². The summed E-state index contributed by atoms with van der Waals surface area (Å²) in [5, 5.41) is 0.928. The molecule has 27 heavy (non-hydrogen) atoms. The van der Waals surface area contributed by atoms with Gasteiger partial charge in [0, 0.05) is 18.0 Å². The van der Waals surface area contributed by atoms with Gasteiger partial charge in [0.2, 0.25) is 5.91 Å². The Kier molecular flexibility index (Phi) is 5.57. The molecule has 1 aliphatic carbocycles. The van der Waals surface area contributed by atoms with Gasteiger partial charge in [-0.15, -0.1) is 11.3 Å². The van der Waals surface area contributed by atoms with Gasteiger partial charge in [0.15, 0.2) is 5.16 Å². The predicted octanol–water partition coefficient (Wildman–Crippen LogP) is 5.35. The molecule has 0 atom stereocenters. The highest BCUT2D eigenvalue weighted by Gasteiger charge is 2.29. The van der Waals surface area contributed by atoms with Crippen LogP contribution in [0.3, 0.4) is 0 Å². The van der Waals surface area contributed by atoms with E-state index < -0.39 is 0 Å². The van der Waals surface area contributed by atoms with Gasteiger partial charge >= 0.3 is 0 Å². The van der Waals surface area contributed by atoms with Crippen molar-refractivity contribution in [2.24, 2.45) is 0 Å². The summed E-state index contributed by atoms with van der Waals surface area (Å²) in [6.07, 6.45) is 4.28. The molecule has 4 nitrogen and oxygen atoms in total. The highest BCUT2D eigenvalue weighted by molar-refractivity contribution is 7.99. The summed E-state index contributed by atoms with van der Waals surface area (Å²) < 4.78 is 3.05. The standard InChI is InChI=1S/C20H20ClN3OS2/c1-23(12-16-9-10-18(21)27-16)19(25)13-26-20-22-11-17(24(20)15-7-8-15)14-5-3-2-4-6-14/h2-6,9-11,15H,7-8,12-13H2,1H3. The summed E-state index contributed by atoms with van der Waals surface area (Å²) in [7, 11) is 1.83. The monoisotopic (exact) mass is 417 g/mol. The fourth-order valence-electron chi connectivity index (χ4n) is 2.95. The van der Waals surface area contributed by atoms with Crippen molar-refractivity contribution >= 4 is 40.6 Å². The van der Waals surface area contributed by atoms with Crippen LogP contribution in [0.15, 0.2) is 53.8 Å². The van der Waals surface area contributed by atoms with Crippen molar-refractivity contribution in [2.45, 2.75) is 30.6 Å². The third kappa shape index (κ3) is 4.39. The number of amides is 1.